The number of benzene rings is 1. The molecule has 1 fully saturated rings. The number of nitrogens with zero attached hydrogens (tertiary/aromatic N) is 6. The van der Waals surface area contributed by atoms with Crippen molar-refractivity contribution in [3.8, 4) is 0 Å². The number of amides is 1. The number of aromatic nitrogens is 5. The predicted octanol–water partition coefficient (Wildman–Crippen LogP) is 3.72. The van der Waals surface area contributed by atoms with Gasteiger partial charge in [0.2, 0.25) is 0 Å². The van der Waals surface area contributed by atoms with Crippen molar-refractivity contribution in [3.63, 3.8) is 0 Å². The topological polar surface area (TPSA) is 76.8 Å². The first-order valence-corrected chi connectivity index (χ1v) is 11.3. The zero-order valence-corrected chi connectivity index (χ0v) is 17.6. The van der Waals surface area contributed by atoms with Crippen LogP contribution >= 0.6 is 22.9 Å². The Kier molecular flexibility index (Phi) is 4.84. The second kappa shape index (κ2) is 7.64. The molecule has 0 saturated carbocycles. The van der Waals surface area contributed by atoms with Crippen molar-refractivity contribution in [3.05, 3.63) is 58.1 Å². The van der Waals surface area contributed by atoms with Gasteiger partial charge in [-0.2, -0.15) is 0 Å². The van der Waals surface area contributed by atoms with Gasteiger partial charge in [0.05, 0.1) is 21.9 Å². The smallest absolute Gasteiger partial charge is 0.253 e. The molecule has 1 aromatic carbocycles. The fraction of sp³-hybridized carbons (Fsp3) is 0.350. The summed E-state index contributed by atoms with van der Waals surface area (Å²) < 4.78 is 7.14. The number of hydrogen-bond acceptors (Lipinski definition) is 7. The minimum absolute atomic E-state index is 0.0691. The zero-order chi connectivity index (χ0) is 19.8. The zero-order valence-electron chi connectivity index (χ0n) is 16.0. The summed E-state index contributed by atoms with van der Waals surface area (Å²) in [5.41, 5.74) is 2.55. The number of thiazole rings is 1. The van der Waals surface area contributed by atoms with Gasteiger partial charge in [-0.25, -0.2) is 9.97 Å². The minimum Gasteiger partial charge on any atom is -0.339 e. The first kappa shape index (κ1) is 18.4. The van der Waals surface area contributed by atoms with Gasteiger partial charge in [-0.05, 0) is 49.5 Å². The number of rotatable bonds is 4. The molecule has 148 valence electrons. The Hall–Kier alpha value is -2.65. The number of aryl methyl sites for hydroxylation is 1. The van der Waals surface area contributed by atoms with Crippen molar-refractivity contribution < 1.29 is 4.79 Å². The fourth-order valence-electron chi connectivity index (χ4n) is 3.91. The normalized spacial score (nSPS) is 15.3. The van der Waals surface area contributed by atoms with Crippen molar-refractivity contribution in [2.75, 3.05) is 13.1 Å². The van der Waals surface area contributed by atoms with Crippen molar-refractivity contribution in [1.82, 2.24) is 29.0 Å². The Bertz CT molecular complexity index is 1150. The van der Waals surface area contributed by atoms with E-state index in [0.717, 1.165) is 59.2 Å². The van der Waals surface area contributed by atoms with Crippen molar-refractivity contribution in [2.45, 2.75) is 32.2 Å². The molecule has 0 unspecified atom stereocenters. The Labute approximate surface area is 176 Å². The van der Waals surface area contributed by atoms with Gasteiger partial charge >= 0.3 is 0 Å². The average Bonchev–Trinajstić information content (AvgIpc) is 3.48. The summed E-state index contributed by atoms with van der Waals surface area (Å²) >= 11 is 3.02. The summed E-state index contributed by atoms with van der Waals surface area (Å²) in [5, 5.41) is 7.27. The first-order chi connectivity index (χ1) is 14.2. The lowest BCUT2D eigenvalue weighted by atomic mass is 9.95. The predicted molar refractivity (Wildman–Crippen MR) is 113 cm³/mol. The molecule has 0 N–H and O–H groups in total. The summed E-state index contributed by atoms with van der Waals surface area (Å²) in [6, 6.07) is 5.64. The lowest BCUT2D eigenvalue weighted by Gasteiger charge is -2.32. The molecule has 0 radical (unpaired) electrons. The fourth-order valence-corrected chi connectivity index (χ4v) is 5.05. The van der Waals surface area contributed by atoms with E-state index in [1.807, 2.05) is 42.4 Å². The highest BCUT2D eigenvalue weighted by molar-refractivity contribution is 7.12. The first-order valence-electron chi connectivity index (χ1n) is 9.61. The summed E-state index contributed by atoms with van der Waals surface area (Å²) in [5.74, 6) is 1.52. The van der Waals surface area contributed by atoms with Crippen molar-refractivity contribution >= 4 is 39.0 Å². The van der Waals surface area contributed by atoms with E-state index in [1.165, 1.54) is 11.5 Å². The number of imidazole rings is 1. The van der Waals surface area contributed by atoms with Crippen LogP contribution in [-0.4, -0.2) is 48.0 Å². The molecule has 0 bridgehead atoms. The van der Waals surface area contributed by atoms with Crippen molar-refractivity contribution in [2.24, 2.45) is 0 Å². The monoisotopic (exact) mass is 424 g/mol. The van der Waals surface area contributed by atoms with E-state index < -0.39 is 0 Å². The highest BCUT2D eigenvalue weighted by Crippen LogP contribution is 2.28. The highest BCUT2D eigenvalue weighted by atomic mass is 32.1. The number of fused-ring (bicyclic) bond motifs is 1. The lowest BCUT2D eigenvalue weighted by molar-refractivity contribution is 0.0710. The summed E-state index contributed by atoms with van der Waals surface area (Å²) in [4.78, 5) is 24.0. The molecule has 4 heterocycles. The van der Waals surface area contributed by atoms with Crippen LogP contribution in [-0.2, 0) is 6.54 Å². The molecular weight excluding hydrogens is 404 g/mol. The number of piperidine rings is 1. The molecule has 0 atom stereocenters. The van der Waals surface area contributed by atoms with E-state index in [4.69, 9.17) is 0 Å². The third-order valence-corrected chi connectivity index (χ3v) is 6.92. The van der Waals surface area contributed by atoms with Crippen LogP contribution in [0.25, 0.3) is 10.2 Å². The molecule has 5 rings (SSSR count). The van der Waals surface area contributed by atoms with E-state index in [0.29, 0.717) is 11.5 Å². The van der Waals surface area contributed by atoms with Crippen LogP contribution < -0.4 is 0 Å². The molecule has 3 aromatic heterocycles. The standard InChI is InChI=1S/C20H20N6OS2/c1-13-22-16(12-28-13)11-26-9-6-21-19(26)14-4-7-25(8-5-14)20(27)15-2-3-18-17(10-15)23-24-29-18/h2-3,6,9-10,12,14H,4-5,7-8,11H2,1H3. The average molecular weight is 425 g/mol. The van der Waals surface area contributed by atoms with Crippen LogP contribution in [0.15, 0.2) is 36.0 Å². The summed E-state index contributed by atoms with van der Waals surface area (Å²) in [7, 11) is 0. The Morgan fingerprint density at radius 2 is 2.14 bits per heavy atom. The Morgan fingerprint density at radius 3 is 2.93 bits per heavy atom. The van der Waals surface area contributed by atoms with E-state index >= 15 is 0 Å². The van der Waals surface area contributed by atoms with Gasteiger partial charge in [0, 0.05) is 42.3 Å². The van der Waals surface area contributed by atoms with Crippen LogP contribution in [0.3, 0.4) is 0 Å². The van der Waals surface area contributed by atoms with Gasteiger partial charge in [0.15, 0.2) is 0 Å². The highest BCUT2D eigenvalue weighted by Gasteiger charge is 2.27. The quantitative estimate of drug-likeness (QED) is 0.499. The molecule has 0 aliphatic carbocycles. The molecule has 1 aliphatic rings. The van der Waals surface area contributed by atoms with Gasteiger partial charge < -0.3 is 9.47 Å². The molecule has 7 nitrogen and oxygen atoms in total. The number of carbonyl (C=O) groups excluding carboxylic acids is 1. The molecular formula is C20H20N6OS2. The number of carbonyl (C=O) groups is 1. The number of hydrogen-bond donors (Lipinski definition) is 0. The third kappa shape index (κ3) is 3.67. The largest absolute Gasteiger partial charge is 0.339 e. The summed E-state index contributed by atoms with van der Waals surface area (Å²) in [6.07, 6.45) is 5.72. The van der Waals surface area contributed by atoms with Gasteiger partial charge in [0.1, 0.15) is 11.3 Å². The van der Waals surface area contributed by atoms with Crippen LogP contribution in [0.5, 0.6) is 0 Å². The molecule has 1 saturated heterocycles. The van der Waals surface area contributed by atoms with Gasteiger partial charge in [0.25, 0.3) is 5.91 Å². The van der Waals surface area contributed by atoms with E-state index in [-0.39, 0.29) is 5.91 Å². The van der Waals surface area contributed by atoms with Crippen LogP contribution in [0, 0.1) is 6.92 Å². The summed E-state index contributed by atoms with van der Waals surface area (Å²) in [6.45, 7) is 4.25. The molecule has 1 aliphatic heterocycles. The van der Waals surface area contributed by atoms with Crippen LogP contribution in [0.2, 0.25) is 0 Å². The Balaban J connectivity index is 1.26. The molecule has 1 amide bonds. The van der Waals surface area contributed by atoms with Gasteiger partial charge in [-0.3, -0.25) is 4.79 Å². The SMILES string of the molecule is Cc1nc(Cn2ccnc2C2CCN(C(=O)c3ccc4snnc4c3)CC2)cs1. The molecule has 4 aromatic rings. The maximum Gasteiger partial charge on any atom is 0.253 e. The van der Waals surface area contributed by atoms with Gasteiger partial charge in [-0.1, -0.05) is 4.49 Å². The van der Waals surface area contributed by atoms with E-state index in [9.17, 15) is 4.79 Å². The van der Waals surface area contributed by atoms with Gasteiger partial charge in [-0.15, -0.1) is 16.4 Å². The lowest BCUT2D eigenvalue weighted by Crippen LogP contribution is -2.38. The number of likely N-dealkylation sites (tertiary alicyclic amines) is 1. The molecule has 29 heavy (non-hydrogen) atoms. The minimum atomic E-state index is 0.0691. The van der Waals surface area contributed by atoms with E-state index in [2.05, 4.69) is 29.5 Å². The molecule has 9 heteroatoms. The van der Waals surface area contributed by atoms with Crippen LogP contribution in [0.1, 0.15) is 45.6 Å². The Morgan fingerprint density at radius 1 is 1.28 bits per heavy atom. The second-order valence-corrected chi connectivity index (χ2v) is 9.14. The second-order valence-electron chi connectivity index (χ2n) is 7.29. The third-order valence-electron chi connectivity index (χ3n) is 5.39. The van der Waals surface area contributed by atoms with E-state index in [1.54, 1.807) is 11.3 Å². The van der Waals surface area contributed by atoms with Crippen LogP contribution in [0.4, 0.5) is 0 Å². The van der Waals surface area contributed by atoms with Crippen molar-refractivity contribution in [1.29, 1.82) is 0 Å². The maximum atomic E-state index is 12.9. The maximum absolute atomic E-state index is 12.9. The molecule has 0 spiro atoms.